The number of aryl methyl sites for hydroxylation is 1. The average Bonchev–Trinajstić information content (AvgIpc) is 2.68. The van der Waals surface area contributed by atoms with Gasteiger partial charge < -0.3 is 0 Å². The normalized spacial score (nSPS) is 11.5. The van der Waals surface area contributed by atoms with Gasteiger partial charge in [-0.2, -0.15) is 0 Å². The maximum atomic E-state index is 13.9. The van der Waals surface area contributed by atoms with Crippen LogP contribution in [0.1, 0.15) is 5.82 Å². The molecule has 0 saturated carbocycles. The van der Waals surface area contributed by atoms with Crippen LogP contribution >= 0.6 is 0 Å². The van der Waals surface area contributed by atoms with Gasteiger partial charge in [0.2, 0.25) is 0 Å². The molecule has 0 aliphatic carbocycles. The molecule has 1 N–H and O–H groups in total. The van der Waals surface area contributed by atoms with E-state index in [2.05, 4.69) is 9.71 Å². The molecule has 1 heterocycles. The molecule has 4 aromatic rings. The summed E-state index contributed by atoms with van der Waals surface area (Å²) in [7, 11) is -4.13. The first-order chi connectivity index (χ1) is 13.9. The number of nitrogens with one attached hydrogen (secondary N) is 1. The largest absolute Gasteiger partial charge is 0.279 e. The van der Waals surface area contributed by atoms with Crippen LogP contribution in [-0.4, -0.2) is 18.0 Å². The first-order valence-corrected chi connectivity index (χ1v) is 10.2. The van der Waals surface area contributed by atoms with Crippen LogP contribution in [0.15, 0.2) is 82.5 Å². The van der Waals surface area contributed by atoms with Crippen molar-refractivity contribution >= 4 is 26.6 Å². The standard InChI is InChI=1S/C21H16FN3O3S/c1-14-23-19-11-4-2-9-17(19)21(26)25(14)16-8-6-7-15(13-16)24-29(27,28)20-12-5-3-10-18(20)22/h2-13,24H,1H3. The number of anilines is 1. The summed E-state index contributed by atoms with van der Waals surface area (Å²) in [5.74, 6) is -0.384. The summed E-state index contributed by atoms with van der Waals surface area (Å²) >= 11 is 0. The molecule has 0 bridgehead atoms. The van der Waals surface area contributed by atoms with E-state index >= 15 is 0 Å². The summed E-state index contributed by atoms with van der Waals surface area (Å²) in [6.07, 6.45) is 0. The lowest BCUT2D eigenvalue weighted by atomic mass is 10.2. The van der Waals surface area contributed by atoms with Gasteiger partial charge in [-0.15, -0.1) is 0 Å². The third-order valence-corrected chi connectivity index (χ3v) is 5.84. The molecule has 0 unspecified atom stereocenters. The minimum atomic E-state index is -4.13. The molecule has 0 aliphatic heterocycles. The van der Waals surface area contributed by atoms with Crippen LogP contribution in [0.5, 0.6) is 0 Å². The Bertz CT molecular complexity index is 1400. The maximum absolute atomic E-state index is 13.9. The molecule has 8 heteroatoms. The highest BCUT2D eigenvalue weighted by Gasteiger charge is 2.19. The molecule has 0 spiro atoms. The number of aromatic nitrogens is 2. The van der Waals surface area contributed by atoms with E-state index in [1.807, 2.05) is 0 Å². The topological polar surface area (TPSA) is 81.1 Å². The number of hydrogen-bond donors (Lipinski definition) is 1. The summed E-state index contributed by atoms with van der Waals surface area (Å²) in [6.45, 7) is 1.70. The van der Waals surface area contributed by atoms with Crippen molar-refractivity contribution in [2.75, 3.05) is 4.72 Å². The summed E-state index contributed by atoms with van der Waals surface area (Å²) in [4.78, 5) is 16.9. The molecular weight excluding hydrogens is 393 g/mol. The van der Waals surface area contributed by atoms with Crippen molar-refractivity contribution in [1.82, 2.24) is 9.55 Å². The smallest absolute Gasteiger partial charge is 0.265 e. The number of fused-ring (bicyclic) bond motifs is 1. The highest BCUT2D eigenvalue weighted by Crippen LogP contribution is 2.21. The van der Waals surface area contributed by atoms with Gasteiger partial charge in [0.05, 0.1) is 22.3 Å². The van der Waals surface area contributed by atoms with Crippen LogP contribution in [0.3, 0.4) is 0 Å². The number of nitrogens with zero attached hydrogens (tertiary/aromatic N) is 2. The van der Waals surface area contributed by atoms with Crippen LogP contribution in [-0.2, 0) is 10.0 Å². The summed E-state index contributed by atoms with van der Waals surface area (Å²) in [6, 6.07) is 18.4. The van der Waals surface area contributed by atoms with Gasteiger partial charge >= 0.3 is 0 Å². The van der Waals surface area contributed by atoms with E-state index in [-0.39, 0.29) is 11.2 Å². The van der Waals surface area contributed by atoms with E-state index in [4.69, 9.17) is 0 Å². The first kappa shape index (κ1) is 18.8. The fourth-order valence-corrected chi connectivity index (χ4v) is 4.26. The predicted molar refractivity (Wildman–Crippen MR) is 109 cm³/mol. The van der Waals surface area contributed by atoms with E-state index in [1.165, 1.54) is 34.9 Å². The zero-order valence-electron chi connectivity index (χ0n) is 15.3. The molecule has 29 heavy (non-hydrogen) atoms. The molecule has 3 aromatic carbocycles. The Morgan fingerprint density at radius 1 is 0.966 bits per heavy atom. The molecule has 6 nitrogen and oxygen atoms in total. The van der Waals surface area contributed by atoms with Gasteiger partial charge in [0.15, 0.2) is 0 Å². The zero-order valence-corrected chi connectivity index (χ0v) is 16.2. The van der Waals surface area contributed by atoms with Crippen LogP contribution in [0.4, 0.5) is 10.1 Å². The number of sulfonamides is 1. The lowest BCUT2D eigenvalue weighted by molar-refractivity contribution is 0.570. The number of rotatable bonds is 4. The zero-order chi connectivity index (χ0) is 20.6. The fraction of sp³-hybridized carbons (Fsp3) is 0.0476. The first-order valence-electron chi connectivity index (χ1n) is 8.73. The van der Waals surface area contributed by atoms with Crippen molar-refractivity contribution in [2.24, 2.45) is 0 Å². The maximum Gasteiger partial charge on any atom is 0.265 e. The Balaban J connectivity index is 1.79. The van der Waals surface area contributed by atoms with Gasteiger partial charge in [0, 0.05) is 0 Å². The summed E-state index contributed by atoms with van der Waals surface area (Å²) < 4.78 is 42.8. The third-order valence-electron chi connectivity index (χ3n) is 4.43. The van der Waals surface area contributed by atoms with Crippen LogP contribution < -0.4 is 10.3 Å². The highest BCUT2D eigenvalue weighted by atomic mass is 32.2. The van der Waals surface area contributed by atoms with Crippen LogP contribution in [0, 0.1) is 12.7 Å². The van der Waals surface area contributed by atoms with Gasteiger partial charge in [0.25, 0.3) is 15.6 Å². The minimum Gasteiger partial charge on any atom is -0.279 e. The number of para-hydroxylation sites is 1. The molecule has 0 aliphatic rings. The molecule has 0 radical (unpaired) electrons. The van der Waals surface area contributed by atoms with Crippen molar-refractivity contribution in [2.45, 2.75) is 11.8 Å². The second-order valence-corrected chi connectivity index (χ2v) is 8.05. The molecule has 0 atom stereocenters. The fourth-order valence-electron chi connectivity index (χ4n) is 3.13. The third kappa shape index (κ3) is 3.50. The molecule has 1 aromatic heterocycles. The van der Waals surface area contributed by atoms with Gasteiger partial charge in [0.1, 0.15) is 16.5 Å². The van der Waals surface area contributed by atoms with Gasteiger partial charge in [-0.05, 0) is 49.4 Å². The number of hydrogen-bond acceptors (Lipinski definition) is 4. The van der Waals surface area contributed by atoms with Crippen LogP contribution in [0.25, 0.3) is 16.6 Å². The lowest BCUT2D eigenvalue weighted by Gasteiger charge is -2.13. The van der Waals surface area contributed by atoms with Gasteiger partial charge in [-0.3, -0.25) is 14.1 Å². The van der Waals surface area contributed by atoms with Crippen LogP contribution in [0.2, 0.25) is 0 Å². The van der Waals surface area contributed by atoms with E-state index in [9.17, 15) is 17.6 Å². The molecule has 4 rings (SSSR count). The second-order valence-electron chi connectivity index (χ2n) is 6.40. The highest BCUT2D eigenvalue weighted by molar-refractivity contribution is 7.92. The Morgan fingerprint density at radius 3 is 2.48 bits per heavy atom. The molecule has 0 amide bonds. The Morgan fingerprint density at radius 2 is 1.69 bits per heavy atom. The summed E-state index contributed by atoms with van der Waals surface area (Å²) in [5.41, 5.74) is 0.967. The predicted octanol–water partition coefficient (Wildman–Crippen LogP) is 3.63. The van der Waals surface area contributed by atoms with Gasteiger partial charge in [-0.1, -0.05) is 30.3 Å². The molecular formula is C21H16FN3O3S. The Hall–Kier alpha value is -3.52. The minimum absolute atomic E-state index is 0.199. The SMILES string of the molecule is Cc1nc2ccccc2c(=O)n1-c1cccc(NS(=O)(=O)c2ccccc2F)c1. The molecule has 0 fully saturated rings. The van der Waals surface area contributed by atoms with Crippen molar-refractivity contribution < 1.29 is 12.8 Å². The Labute approximate surface area is 166 Å². The molecule has 0 saturated heterocycles. The van der Waals surface area contributed by atoms with Crippen molar-refractivity contribution in [1.29, 1.82) is 0 Å². The number of halogens is 1. The van der Waals surface area contributed by atoms with E-state index in [1.54, 1.807) is 43.3 Å². The monoisotopic (exact) mass is 409 g/mol. The second kappa shape index (κ2) is 7.14. The number of benzene rings is 3. The molecule has 146 valence electrons. The van der Waals surface area contributed by atoms with Crippen molar-refractivity contribution in [3.05, 3.63) is 94.8 Å². The average molecular weight is 409 g/mol. The van der Waals surface area contributed by atoms with E-state index in [0.717, 1.165) is 6.07 Å². The van der Waals surface area contributed by atoms with Gasteiger partial charge in [-0.25, -0.2) is 17.8 Å². The van der Waals surface area contributed by atoms with E-state index in [0.29, 0.717) is 22.4 Å². The van der Waals surface area contributed by atoms with Crippen molar-refractivity contribution in [3.8, 4) is 5.69 Å². The Kier molecular flexibility index (Phi) is 4.63. The van der Waals surface area contributed by atoms with Crippen molar-refractivity contribution in [3.63, 3.8) is 0 Å². The lowest BCUT2D eigenvalue weighted by Crippen LogP contribution is -2.22. The summed E-state index contributed by atoms with van der Waals surface area (Å²) in [5, 5.41) is 0.454. The van der Waals surface area contributed by atoms with E-state index < -0.39 is 20.7 Å². The quantitative estimate of drug-likeness (QED) is 0.558.